The van der Waals surface area contributed by atoms with E-state index in [0.29, 0.717) is 35.1 Å². The molecule has 3 aromatic rings. The standard InChI is InChI=1S/C21H20ClN3O4S/c1-15-19(20(22)25(23-15)17-8-3-2-4-9-17)14-29-21(26)16-7-5-10-18(13-16)24-11-6-12-30(24,27)28/h2-5,7-10,13H,6,11-12,14H2,1H3. The zero-order valence-corrected chi connectivity index (χ0v) is 17.9. The van der Waals surface area contributed by atoms with Crippen molar-refractivity contribution in [2.24, 2.45) is 0 Å². The molecule has 1 saturated heterocycles. The molecule has 2 aromatic carbocycles. The lowest BCUT2D eigenvalue weighted by atomic mass is 10.2. The van der Waals surface area contributed by atoms with Gasteiger partial charge in [0, 0.05) is 12.1 Å². The minimum absolute atomic E-state index is 0.0391. The van der Waals surface area contributed by atoms with Crippen molar-refractivity contribution in [2.75, 3.05) is 16.6 Å². The largest absolute Gasteiger partial charge is 0.457 e. The van der Waals surface area contributed by atoms with E-state index in [1.807, 2.05) is 30.3 Å². The van der Waals surface area contributed by atoms with Crippen molar-refractivity contribution in [3.05, 3.63) is 76.6 Å². The van der Waals surface area contributed by atoms with Gasteiger partial charge < -0.3 is 4.74 Å². The summed E-state index contributed by atoms with van der Waals surface area (Å²) in [5.41, 5.74) is 2.83. The summed E-state index contributed by atoms with van der Waals surface area (Å²) >= 11 is 6.47. The lowest BCUT2D eigenvalue weighted by Crippen LogP contribution is -2.25. The van der Waals surface area contributed by atoms with Gasteiger partial charge in [-0.1, -0.05) is 35.9 Å². The SMILES string of the molecule is Cc1nn(-c2ccccc2)c(Cl)c1COC(=O)c1cccc(N2CCCS2(=O)=O)c1. The van der Waals surface area contributed by atoms with Crippen LogP contribution in [0.3, 0.4) is 0 Å². The smallest absolute Gasteiger partial charge is 0.338 e. The highest BCUT2D eigenvalue weighted by Crippen LogP contribution is 2.27. The molecule has 4 rings (SSSR count). The van der Waals surface area contributed by atoms with Crippen LogP contribution in [0, 0.1) is 6.92 Å². The molecular weight excluding hydrogens is 426 g/mol. The fourth-order valence-corrected chi connectivity index (χ4v) is 5.26. The van der Waals surface area contributed by atoms with Crippen molar-refractivity contribution in [1.29, 1.82) is 0 Å². The first-order valence-electron chi connectivity index (χ1n) is 9.44. The molecule has 156 valence electrons. The van der Waals surface area contributed by atoms with Crippen LogP contribution in [0.1, 0.15) is 28.0 Å². The highest BCUT2D eigenvalue weighted by Gasteiger charge is 2.29. The minimum atomic E-state index is -3.32. The number of benzene rings is 2. The molecule has 0 amide bonds. The third kappa shape index (κ3) is 3.93. The third-order valence-corrected chi connectivity index (χ3v) is 7.20. The number of rotatable bonds is 5. The third-order valence-electron chi connectivity index (χ3n) is 4.94. The molecule has 1 aliphatic heterocycles. The van der Waals surface area contributed by atoms with Crippen molar-refractivity contribution in [3.63, 3.8) is 0 Å². The number of nitrogens with zero attached hydrogens (tertiary/aromatic N) is 3. The molecule has 2 heterocycles. The summed E-state index contributed by atoms with van der Waals surface area (Å²) in [5, 5.41) is 4.81. The number of carbonyl (C=O) groups excluding carboxylic acids is 1. The first-order chi connectivity index (χ1) is 14.4. The zero-order chi connectivity index (χ0) is 21.3. The number of anilines is 1. The lowest BCUT2D eigenvalue weighted by Gasteiger charge is -2.17. The molecular formula is C21H20ClN3O4S. The van der Waals surface area contributed by atoms with E-state index >= 15 is 0 Å². The highest BCUT2D eigenvalue weighted by molar-refractivity contribution is 7.93. The van der Waals surface area contributed by atoms with E-state index in [0.717, 1.165) is 5.69 Å². The lowest BCUT2D eigenvalue weighted by molar-refractivity contribution is 0.0472. The summed E-state index contributed by atoms with van der Waals surface area (Å²) < 4.78 is 32.6. The first kappa shape index (κ1) is 20.4. The first-order valence-corrected chi connectivity index (χ1v) is 11.4. The van der Waals surface area contributed by atoms with Crippen molar-refractivity contribution < 1.29 is 17.9 Å². The summed E-state index contributed by atoms with van der Waals surface area (Å²) in [6, 6.07) is 15.9. The Morgan fingerprint density at radius 2 is 1.87 bits per heavy atom. The number of aromatic nitrogens is 2. The van der Waals surface area contributed by atoms with Gasteiger partial charge in [0.1, 0.15) is 11.8 Å². The van der Waals surface area contributed by atoms with Gasteiger partial charge in [0.05, 0.1) is 28.4 Å². The summed E-state index contributed by atoms with van der Waals surface area (Å²) in [4.78, 5) is 12.6. The van der Waals surface area contributed by atoms with Gasteiger partial charge in [0.15, 0.2) is 0 Å². The maximum absolute atomic E-state index is 12.6. The molecule has 0 atom stereocenters. The quantitative estimate of drug-likeness (QED) is 0.559. The molecule has 30 heavy (non-hydrogen) atoms. The number of sulfonamides is 1. The summed E-state index contributed by atoms with van der Waals surface area (Å²) in [6.07, 6.45) is 0.570. The summed E-state index contributed by atoms with van der Waals surface area (Å²) in [7, 11) is -3.32. The van der Waals surface area contributed by atoms with E-state index in [9.17, 15) is 13.2 Å². The Balaban J connectivity index is 1.51. The van der Waals surface area contributed by atoms with Gasteiger partial charge in [0.25, 0.3) is 0 Å². The Morgan fingerprint density at radius 3 is 2.57 bits per heavy atom. The van der Waals surface area contributed by atoms with Crippen molar-refractivity contribution >= 4 is 33.3 Å². The second-order valence-corrected chi connectivity index (χ2v) is 9.34. The predicted octanol–water partition coefficient (Wildman–Crippen LogP) is 3.73. The fraction of sp³-hybridized carbons (Fsp3) is 0.238. The average Bonchev–Trinajstić information content (AvgIpc) is 3.24. The van der Waals surface area contributed by atoms with E-state index < -0.39 is 16.0 Å². The van der Waals surface area contributed by atoms with Crippen molar-refractivity contribution in [2.45, 2.75) is 20.0 Å². The van der Waals surface area contributed by atoms with Crippen LogP contribution < -0.4 is 4.31 Å². The van der Waals surface area contributed by atoms with Crippen molar-refractivity contribution in [1.82, 2.24) is 9.78 Å². The Bertz CT molecular complexity index is 1190. The molecule has 0 bridgehead atoms. The van der Waals surface area contributed by atoms with E-state index in [1.165, 1.54) is 10.4 Å². The van der Waals surface area contributed by atoms with E-state index in [2.05, 4.69) is 5.10 Å². The van der Waals surface area contributed by atoms with Crippen LogP contribution in [-0.4, -0.2) is 36.5 Å². The number of para-hydroxylation sites is 1. The van der Waals surface area contributed by atoms with Crippen molar-refractivity contribution in [3.8, 4) is 5.69 Å². The molecule has 1 aromatic heterocycles. The predicted molar refractivity (Wildman–Crippen MR) is 115 cm³/mol. The fourth-order valence-electron chi connectivity index (χ4n) is 3.37. The molecule has 1 fully saturated rings. The molecule has 0 N–H and O–H groups in total. The van der Waals surface area contributed by atoms with Crippen LogP contribution in [0.4, 0.5) is 5.69 Å². The Hall–Kier alpha value is -2.84. The van der Waals surface area contributed by atoms with Crippen LogP contribution in [0.15, 0.2) is 54.6 Å². The monoisotopic (exact) mass is 445 g/mol. The van der Waals surface area contributed by atoms with Gasteiger partial charge >= 0.3 is 5.97 Å². The van der Waals surface area contributed by atoms with Gasteiger partial charge in [0.2, 0.25) is 10.0 Å². The maximum atomic E-state index is 12.6. The maximum Gasteiger partial charge on any atom is 0.338 e. The summed E-state index contributed by atoms with van der Waals surface area (Å²) in [5.74, 6) is -0.443. The molecule has 0 aliphatic carbocycles. The Morgan fingerprint density at radius 1 is 1.13 bits per heavy atom. The molecule has 7 nitrogen and oxygen atoms in total. The van der Waals surface area contributed by atoms with Crippen LogP contribution in [0.25, 0.3) is 5.69 Å². The number of hydrogen-bond acceptors (Lipinski definition) is 5. The Kier molecular flexibility index (Phi) is 5.53. The van der Waals surface area contributed by atoms with Crippen LogP contribution in [0.5, 0.6) is 0 Å². The molecule has 0 spiro atoms. The number of halogens is 1. The van der Waals surface area contributed by atoms with Gasteiger partial charge in [-0.05, 0) is 43.7 Å². The molecule has 0 saturated carbocycles. The molecule has 9 heteroatoms. The number of ether oxygens (including phenoxy) is 1. The van der Waals surface area contributed by atoms with E-state index in [4.69, 9.17) is 16.3 Å². The number of carbonyl (C=O) groups is 1. The topological polar surface area (TPSA) is 81.5 Å². The van der Waals surface area contributed by atoms with E-state index in [-0.39, 0.29) is 17.9 Å². The number of aryl methyl sites for hydroxylation is 1. The van der Waals surface area contributed by atoms with E-state index in [1.54, 1.807) is 29.8 Å². The number of esters is 1. The minimum Gasteiger partial charge on any atom is -0.457 e. The molecule has 1 aliphatic rings. The Labute approximate surface area is 179 Å². The second kappa shape index (κ2) is 8.12. The normalized spacial score (nSPS) is 15.3. The van der Waals surface area contributed by atoms with Gasteiger partial charge in [-0.2, -0.15) is 5.10 Å². The van der Waals surface area contributed by atoms with Gasteiger partial charge in [-0.15, -0.1) is 0 Å². The number of hydrogen-bond donors (Lipinski definition) is 0. The highest BCUT2D eigenvalue weighted by atomic mass is 35.5. The van der Waals surface area contributed by atoms with Gasteiger partial charge in [-0.3, -0.25) is 4.31 Å². The van der Waals surface area contributed by atoms with Crippen LogP contribution in [-0.2, 0) is 21.4 Å². The zero-order valence-electron chi connectivity index (χ0n) is 16.3. The molecule has 0 radical (unpaired) electrons. The van der Waals surface area contributed by atoms with Crippen LogP contribution in [0.2, 0.25) is 5.15 Å². The molecule has 0 unspecified atom stereocenters. The van der Waals surface area contributed by atoms with Gasteiger partial charge in [-0.25, -0.2) is 17.9 Å². The second-order valence-electron chi connectivity index (χ2n) is 6.97. The van der Waals surface area contributed by atoms with Crippen LogP contribution >= 0.6 is 11.6 Å². The average molecular weight is 446 g/mol. The summed E-state index contributed by atoms with van der Waals surface area (Å²) in [6.45, 7) is 2.17.